The molecule has 1 aliphatic heterocycles. The van der Waals surface area contributed by atoms with E-state index in [2.05, 4.69) is 44.4 Å². The Bertz CT molecular complexity index is 784. The highest BCUT2D eigenvalue weighted by Crippen LogP contribution is 2.30. The maximum absolute atomic E-state index is 5.33. The van der Waals surface area contributed by atoms with E-state index in [4.69, 9.17) is 11.5 Å². The molecule has 0 radical (unpaired) electrons. The molecule has 1 aromatic carbocycles. The lowest BCUT2D eigenvalue weighted by atomic mass is 10.2. The summed E-state index contributed by atoms with van der Waals surface area (Å²) in [4.78, 5) is 8.11. The highest BCUT2D eigenvalue weighted by atomic mass is 32.2. The maximum Gasteiger partial charge on any atom is 0.211 e. The topological polar surface area (TPSA) is 92.9 Å². The third kappa shape index (κ3) is 4.32. The van der Waals surface area contributed by atoms with Gasteiger partial charge in [0.25, 0.3) is 0 Å². The maximum atomic E-state index is 5.33. The van der Waals surface area contributed by atoms with Crippen LogP contribution in [0, 0.1) is 6.92 Å². The van der Waals surface area contributed by atoms with Crippen LogP contribution < -0.4 is 16.4 Å². The molecule has 4 N–H and O–H groups in total. The van der Waals surface area contributed by atoms with Gasteiger partial charge in [0, 0.05) is 35.8 Å². The molecule has 0 bridgehead atoms. The molecule has 6 nitrogen and oxygen atoms in total. The molecule has 1 aromatic heterocycles. The van der Waals surface area contributed by atoms with Gasteiger partial charge in [0.05, 0.1) is 16.3 Å². The number of thiazole rings is 1. The number of nitrogens with two attached hydrogens (primary N) is 2. The first-order valence-corrected chi connectivity index (χ1v) is 10.1. The summed E-state index contributed by atoms with van der Waals surface area (Å²) in [7, 11) is 0. The smallest absolute Gasteiger partial charge is 0.211 e. The van der Waals surface area contributed by atoms with Crippen molar-refractivity contribution in [3.05, 3.63) is 34.8 Å². The summed E-state index contributed by atoms with van der Waals surface area (Å²) in [5.41, 5.74) is 14.8. The molecule has 0 atom stereocenters. The Balaban J connectivity index is 1.81. The molecular weight excluding hydrogens is 352 g/mol. The summed E-state index contributed by atoms with van der Waals surface area (Å²) >= 11 is 3.62. The fourth-order valence-corrected chi connectivity index (χ4v) is 4.58. The number of aromatic nitrogens is 1. The van der Waals surface area contributed by atoms with Gasteiger partial charge in [-0.3, -0.25) is 0 Å². The van der Waals surface area contributed by atoms with Gasteiger partial charge in [0.2, 0.25) is 5.96 Å². The predicted molar refractivity (Wildman–Crippen MR) is 110 cm³/mol. The standard InChI is InChI=1S/C17H22N6S2/c1-11-15(12(2)21-22-17(18)19)25-16(20-11)13-3-5-14(6-4-13)23-7-9-24-10-8-23/h3-6H,7-10H2,1-2H3,(H4,18,19,22)/b21-12+. The van der Waals surface area contributed by atoms with E-state index in [1.165, 1.54) is 17.2 Å². The van der Waals surface area contributed by atoms with Gasteiger partial charge in [0.15, 0.2) is 0 Å². The minimum Gasteiger partial charge on any atom is -0.370 e. The second-order valence-electron chi connectivity index (χ2n) is 5.79. The summed E-state index contributed by atoms with van der Waals surface area (Å²) in [5.74, 6) is 2.35. The van der Waals surface area contributed by atoms with Gasteiger partial charge in [-0.15, -0.1) is 16.4 Å². The minimum atomic E-state index is -0.0477. The van der Waals surface area contributed by atoms with E-state index in [0.29, 0.717) is 0 Å². The Labute approximate surface area is 156 Å². The lowest BCUT2D eigenvalue weighted by Gasteiger charge is -2.28. The Morgan fingerprint density at radius 3 is 2.44 bits per heavy atom. The van der Waals surface area contributed by atoms with Crippen molar-refractivity contribution in [2.75, 3.05) is 29.5 Å². The molecule has 25 heavy (non-hydrogen) atoms. The van der Waals surface area contributed by atoms with Crippen LogP contribution in [0.5, 0.6) is 0 Å². The van der Waals surface area contributed by atoms with E-state index in [0.717, 1.165) is 39.9 Å². The fraction of sp³-hybridized carbons (Fsp3) is 0.353. The molecule has 0 amide bonds. The van der Waals surface area contributed by atoms with Crippen molar-refractivity contribution in [1.29, 1.82) is 0 Å². The zero-order valence-corrected chi connectivity index (χ0v) is 16.0. The molecule has 2 aromatic rings. The predicted octanol–water partition coefficient (Wildman–Crippen LogP) is 2.67. The molecule has 8 heteroatoms. The van der Waals surface area contributed by atoms with Crippen LogP contribution in [0.4, 0.5) is 5.69 Å². The van der Waals surface area contributed by atoms with E-state index in [1.54, 1.807) is 11.3 Å². The van der Waals surface area contributed by atoms with Crippen LogP contribution in [0.1, 0.15) is 17.5 Å². The fourth-order valence-electron chi connectivity index (χ4n) is 2.67. The third-order valence-electron chi connectivity index (χ3n) is 3.93. The van der Waals surface area contributed by atoms with Crippen molar-refractivity contribution in [2.24, 2.45) is 21.7 Å². The second-order valence-corrected chi connectivity index (χ2v) is 8.01. The highest BCUT2D eigenvalue weighted by Gasteiger charge is 2.14. The van der Waals surface area contributed by atoms with Crippen LogP contribution in [-0.2, 0) is 0 Å². The first-order chi connectivity index (χ1) is 12.0. The first kappa shape index (κ1) is 17.8. The van der Waals surface area contributed by atoms with Crippen LogP contribution in [0.3, 0.4) is 0 Å². The van der Waals surface area contributed by atoms with Gasteiger partial charge >= 0.3 is 0 Å². The molecule has 0 saturated carbocycles. The summed E-state index contributed by atoms with van der Waals surface area (Å²) in [6.45, 7) is 6.09. The van der Waals surface area contributed by atoms with E-state index in [1.807, 2.05) is 25.6 Å². The van der Waals surface area contributed by atoms with Crippen molar-refractivity contribution in [1.82, 2.24) is 4.98 Å². The van der Waals surface area contributed by atoms with Gasteiger partial charge in [-0.25, -0.2) is 4.98 Å². The molecule has 1 saturated heterocycles. The van der Waals surface area contributed by atoms with Crippen molar-refractivity contribution in [3.8, 4) is 10.6 Å². The third-order valence-corrected chi connectivity index (χ3v) is 6.19. The second kappa shape index (κ2) is 7.88. The summed E-state index contributed by atoms with van der Waals surface area (Å²) in [5, 5.41) is 8.75. The van der Waals surface area contributed by atoms with Gasteiger partial charge in [-0.05, 0) is 38.1 Å². The van der Waals surface area contributed by atoms with Crippen LogP contribution in [-0.4, -0.2) is 41.3 Å². The zero-order valence-electron chi connectivity index (χ0n) is 14.4. The molecule has 132 valence electrons. The van der Waals surface area contributed by atoms with Gasteiger partial charge in [-0.2, -0.15) is 16.9 Å². The molecule has 3 rings (SSSR count). The van der Waals surface area contributed by atoms with Crippen LogP contribution in [0.25, 0.3) is 10.6 Å². The average molecular weight is 375 g/mol. The summed E-state index contributed by atoms with van der Waals surface area (Å²) < 4.78 is 0. The Hall–Kier alpha value is -2.06. The number of anilines is 1. The van der Waals surface area contributed by atoms with E-state index in [9.17, 15) is 0 Å². The lowest BCUT2D eigenvalue weighted by molar-refractivity contribution is 0.859. The monoisotopic (exact) mass is 374 g/mol. The normalized spacial score (nSPS) is 15.3. The van der Waals surface area contributed by atoms with Crippen molar-refractivity contribution in [2.45, 2.75) is 13.8 Å². The first-order valence-electron chi connectivity index (χ1n) is 8.08. The van der Waals surface area contributed by atoms with Crippen LogP contribution in [0.2, 0.25) is 0 Å². The van der Waals surface area contributed by atoms with E-state index in [-0.39, 0.29) is 5.96 Å². The van der Waals surface area contributed by atoms with Gasteiger partial charge < -0.3 is 16.4 Å². The molecule has 1 fully saturated rings. The van der Waals surface area contributed by atoms with Crippen LogP contribution in [0.15, 0.2) is 34.5 Å². The number of aryl methyl sites for hydroxylation is 1. The number of thioether (sulfide) groups is 1. The Morgan fingerprint density at radius 2 is 1.80 bits per heavy atom. The largest absolute Gasteiger partial charge is 0.370 e. The quantitative estimate of drug-likeness (QED) is 0.487. The number of hydrogen-bond acceptors (Lipinski definition) is 6. The Kier molecular flexibility index (Phi) is 5.60. The van der Waals surface area contributed by atoms with Crippen molar-refractivity contribution < 1.29 is 0 Å². The number of nitrogens with zero attached hydrogens (tertiary/aromatic N) is 4. The molecule has 0 aliphatic carbocycles. The zero-order chi connectivity index (χ0) is 17.8. The molecule has 2 heterocycles. The molecule has 0 unspecified atom stereocenters. The van der Waals surface area contributed by atoms with Gasteiger partial charge in [-0.1, -0.05) is 0 Å². The Morgan fingerprint density at radius 1 is 1.12 bits per heavy atom. The average Bonchev–Trinajstić information content (AvgIpc) is 3.02. The lowest BCUT2D eigenvalue weighted by Crippen LogP contribution is -2.32. The van der Waals surface area contributed by atoms with E-state index >= 15 is 0 Å². The number of hydrogen-bond donors (Lipinski definition) is 2. The number of rotatable bonds is 4. The van der Waals surface area contributed by atoms with Gasteiger partial charge in [0.1, 0.15) is 5.01 Å². The number of benzene rings is 1. The molecule has 0 spiro atoms. The molecule has 1 aliphatic rings. The van der Waals surface area contributed by atoms with E-state index < -0.39 is 0 Å². The van der Waals surface area contributed by atoms with Crippen molar-refractivity contribution in [3.63, 3.8) is 0 Å². The SMILES string of the molecule is C/C(=N\N=C(N)N)c1sc(-c2ccc(N3CCSCC3)cc2)nc1C. The summed E-state index contributed by atoms with van der Waals surface area (Å²) in [6, 6.07) is 8.65. The minimum absolute atomic E-state index is 0.0477. The summed E-state index contributed by atoms with van der Waals surface area (Å²) in [6.07, 6.45) is 0. The van der Waals surface area contributed by atoms with Crippen molar-refractivity contribution >= 4 is 40.5 Å². The highest BCUT2D eigenvalue weighted by molar-refractivity contribution is 7.99. The van der Waals surface area contributed by atoms with Crippen LogP contribution >= 0.6 is 23.1 Å². The number of guanidine groups is 1. The molecular formula is C17H22N6S2.